The first-order valence-electron chi connectivity index (χ1n) is 10.0. The Hall–Kier alpha value is -3.33. The summed E-state index contributed by atoms with van der Waals surface area (Å²) < 4.78 is 35.3. The number of ether oxygens (including phenoxy) is 1. The Balaban J connectivity index is 1.42. The SMILES string of the molecule is COc1ccccc1NS(=O)(=O)c1ccc(C(=O)N2CCC(n3ccnc3)CC2)cc1. The molecule has 0 aliphatic carbocycles. The third kappa shape index (κ3) is 4.56. The molecule has 1 aliphatic heterocycles. The summed E-state index contributed by atoms with van der Waals surface area (Å²) in [4.78, 5) is 18.8. The molecule has 2 aromatic carbocycles. The van der Waals surface area contributed by atoms with E-state index in [0.29, 0.717) is 36.1 Å². The first kappa shape index (κ1) is 20.9. The Morgan fingerprint density at radius 2 is 1.81 bits per heavy atom. The van der Waals surface area contributed by atoms with Gasteiger partial charge in [-0.3, -0.25) is 9.52 Å². The van der Waals surface area contributed by atoms with Crippen LogP contribution in [0.3, 0.4) is 0 Å². The minimum absolute atomic E-state index is 0.0776. The van der Waals surface area contributed by atoms with E-state index in [-0.39, 0.29) is 10.8 Å². The Morgan fingerprint density at radius 1 is 1.10 bits per heavy atom. The van der Waals surface area contributed by atoms with Crippen molar-refractivity contribution in [3.63, 3.8) is 0 Å². The van der Waals surface area contributed by atoms with Crippen molar-refractivity contribution >= 4 is 21.6 Å². The number of hydrogen-bond donors (Lipinski definition) is 1. The van der Waals surface area contributed by atoms with Gasteiger partial charge in [-0.1, -0.05) is 12.1 Å². The number of anilines is 1. The highest BCUT2D eigenvalue weighted by Gasteiger charge is 2.25. The number of likely N-dealkylation sites (tertiary alicyclic amines) is 1. The predicted octanol–water partition coefficient (Wildman–Crippen LogP) is 3.17. The molecule has 1 amide bonds. The Morgan fingerprint density at radius 3 is 2.45 bits per heavy atom. The zero-order valence-electron chi connectivity index (χ0n) is 17.1. The van der Waals surface area contributed by atoms with Crippen molar-refractivity contribution in [2.24, 2.45) is 0 Å². The largest absolute Gasteiger partial charge is 0.495 e. The summed E-state index contributed by atoms with van der Waals surface area (Å²) in [5, 5.41) is 0. The summed E-state index contributed by atoms with van der Waals surface area (Å²) in [6, 6.07) is 13.1. The molecule has 0 bridgehead atoms. The number of piperidine rings is 1. The molecule has 0 atom stereocenters. The lowest BCUT2D eigenvalue weighted by atomic mass is 10.0. The van der Waals surface area contributed by atoms with Gasteiger partial charge in [0.1, 0.15) is 5.75 Å². The number of methoxy groups -OCH3 is 1. The van der Waals surface area contributed by atoms with Gasteiger partial charge in [-0.2, -0.15) is 0 Å². The molecule has 1 aromatic heterocycles. The van der Waals surface area contributed by atoms with E-state index >= 15 is 0 Å². The molecule has 1 saturated heterocycles. The number of carbonyl (C=O) groups excluding carboxylic acids is 1. The zero-order chi connectivity index (χ0) is 21.8. The average molecular weight is 441 g/mol. The number of hydrogen-bond acceptors (Lipinski definition) is 5. The number of imidazole rings is 1. The van der Waals surface area contributed by atoms with Crippen molar-refractivity contribution in [3.8, 4) is 5.75 Å². The summed E-state index contributed by atoms with van der Waals surface area (Å²) in [5.41, 5.74) is 0.822. The summed E-state index contributed by atoms with van der Waals surface area (Å²) in [6.07, 6.45) is 7.23. The van der Waals surface area contributed by atoms with Crippen LogP contribution in [0.25, 0.3) is 0 Å². The molecular weight excluding hydrogens is 416 g/mol. The number of nitrogens with one attached hydrogen (secondary N) is 1. The molecule has 31 heavy (non-hydrogen) atoms. The van der Waals surface area contributed by atoms with E-state index < -0.39 is 10.0 Å². The summed E-state index contributed by atoms with van der Waals surface area (Å²) in [6.45, 7) is 1.30. The molecule has 162 valence electrons. The second kappa shape index (κ2) is 8.81. The fourth-order valence-electron chi connectivity index (χ4n) is 3.74. The average Bonchev–Trinajstić information content (AvgIpc) is 3.34. The lowest BCUT2D eigenvalue weighted by Crippen LogP contribution is -2.38. The Labute approximate surface area is 181 Å². The number of nitrogens with zero attached hydrogens (tertiary/aromatic N) is 3. The molecule has 9 heteroatoms. The van der Waals surface area contributed by atoms with Gasteiger partial charge in [0.2, 0.25) is 0 Å². The number of amides is 1. The van der Waals surface area contributed by atoms with Gasteiger partial charge in [-0.05, 0) is 49.2 Å². The standard InChI is InChI=1S/C22H24N4O4S/c1-30-21-5-3-2-4-20(21)24-31(28,29)19-8-6-17(7-9-19)22(27)25-13-10-18(11-14-25)26-15-12-23-16-26/h2-9,12,15-16,18,24H,10-11,13-14H2,1H3. The fourth-order valence-corrected chi connectivity index (χ4v) is 4.81. The Kier molecular flexibility index (Phi) is 5.94. The van der Waals surface area contributed by atoms with E-state index in [9.17, 15) is 13.2 Å². The van der Waals surface area contributed by atoms with Gasteiger partial charge >= 0.3 is 0 Å². The zero-order valence-corrected chi connectivity index (χ0v) is 18.0. The predicted molar refractivity (Wildman–Crippen MR) is 117 cm³/mol. The number of benzene rings is 2. The number of aromatic nitrogens is 2. The molecule has 0 spiro atoms. The number of para-hydroxylation sites is 2. The maximum Gasteiger partial charge on any atom is 0.262 e. The van der Waals surface area contributed by atoms with Crippen molar-refractivity contribution in [3.05, 3.63) is 72.8 Å². The molecule has 0 saturated carbocycles. The number of carbonyl (C=O) groups is 1. The smallest absolute Gasteiger partial charge is 0.262 e. The number of sulfonamides is 1. The van der Waals surface area contributed by atoms with Gasteiger partial charge in [0.05, 0.1) is 24.0 Å². The molecular formula is C22H24N4O4S. The fraction of sp³-hybridized carbons (Fsp3) is 0.273. The van der Waals surface area contributed by atoms with Gasteiger partial charge < -0.3 is 14.2 Å². The van der Waals surface area contributed by atoms with Crippen LogP contribution in [0.2, 0.25) is 0 Å². The molecule has 1 aliphatic rings. The first-order chi connectivity index (χ1) is 15.0. The van der Waals surface area contributed by atoms with Gasteiger partial charge in [-0.25, -0.2) is 13.4 Å². The second-order valence-electron chi connectivity index (χ2n) is 7.36. The highest BCUT2D eigenvalue weighted by molar-refractivity contribution is 7.92. The molecule has 0 radical (unpaired) electrons. The van der Waals surface area contributed by atoms with Crippen LogP contribution in [-0.2, 0) is 10.0 Å². The topological polar surface area (TPSA) is 93.5 Å². The minimum Gasteiger partial charge on any atom is -0.495 e. The van der Waals surface area contributed by atoms with Crippen LogP contribution in [0.5, 0.6) is 5.75 Å². The van der Waals surface area contributed by atoms with Crippen molar-refractivity contribution in [1.82, 2.24) is 14.5 Å². The van der Waals surface area contributed by atoms with E-state index in [1.807, 2.05) is 11.1 Å². The van der Waals surface area contributed by atoms with E-state index in [2.05, 4.69) is 14.3 Å². The maximum absolute atomic E-state index is 12.9. The van der Waals surface area contributed by atoms with Crippen LogP contribution >= 0.6 is 0 Å². The van der Waals surface area contributed by atoms with Crippen LogP contribution in [-0.4, -0.2) is 49.0 Å². The van der Waals surface area contributed by atoms with E-state index in [0.717, 1.165) is 12.8 Å². The lowest BCUT2D eigenvalue weighted by Gasteiger charge is -2.32. The third-order valence-electron chi connectivity index (χ3n) is 5.46. The van der Waals surface area contributed by atoms with E-state index in [4.69, 9.17) is 4.74 Å². The molecule has 4 rings (SSSR count). The van der Waals surface area contributed by atoms with Gasteiger partial charge in [0.15, 0.2) is 0 Å². The first-order valence-corrected chi connectivity index (χ1v) is 11.5. The molecule has 3 aromatic rings. The van der Waals surface area contributed by atoms with Crippen LogP contribution in [0, 0.1) is 0 Å². The van der Waals surface area contributed by atoms with Crippen molar-refractivity contribution in [2.75, 3.05) is 24.9 Å². The highest BCUT2D eigenvalue weighted by atomic mass is 32.2. The van der Waals surface area contributed by atoms with Crippen molar-refractivity contribution in [1.29, 1.82) is 0 Å². The quantitative estimate of drug-likeness (QED) is 0.635. The summed E-state index contributed by atoms with van der Waals surface area (Å²) >= 11 is 0. The van der Waals surface area contributed by atoms with Crippen LogP contribution < -0.4 is 9.46 Å². The molecule has 0 unspecified atom stereocenters. The monoisotopic (exact) mass is 440 g/mol. The van der Waals surface area contributed by atoms with Crippen molar-refractivity contribution < 1.29 is 17.9 Å². The van der Waals surface area contributed by atoms with Gasteiger partial charge in [0.25, 0.3) is 15.9 Å². The molecule has 2 heterocycles. The maximum atomic E-state index is 12.9. The minimum atomic E-state index is -3.81. The van der Waals surface area contributed by atoms with Gasteiger partial charge in [0, 0.05) is 37.1 Å². The van der Waals surface area contributed by atoms with E-state index in [1.54, 1.807) is 48.9 Å². The number of rotatable bonds is 6. The van der Waals surface area contributed by atoms with Crippen molar-refractivity contribution in [2.45, 2.75) is 23.8 Å². The lowest BCUT2D eigenvalue weighted by molar-refractivity contribution is 0.0694. The van der Waals surface area contributed by atoms with Crippen LogP contribution in [0.4, 0.5) is 5.69 Å². The van der Waals surface area contributed by atoms with Crippen LogP contribution in [0.15, 0.2) is 72.1 Å². The molecule has 8 nitrogen and oxygen atoms in total. The van der Waals surface area contributed by atoms with Crippen LogP contribution in [0.1, 0.15) is 29.2 Å². The molecule has 1 N–H and O–H groups in total. The van der Waals surface area contributed by atoms with Gasteiger partial charge in [-0.15, -0.1) is 0 Å². The molecule has 1 fully saturated rings. The van der Waals surface area contributed by atoms with E-state index in [1.165, 1.54) is 19.2 Å². The third-order valence-corrected chi connectivity index (χ3v) is 6.84. The Bertz CT molecular complexity index is 1140. The summed E-state index contributed by atoms with van der Waals surface area (Å²) in [5.74, 6) is 0.336. The second-order valence-corrected chi connectivity index (χ2v) is 9.05. The normalized spacial score (nSPS) is 14.9. The summed E-state index contributed by atoms with van der Waals surface area (Å²) in [7, 11) is -2.33. The highest BCUT2D eigenvalue weighted by Crippen LogP contribution is 2.27.